The fraction of sp³-hybridized carbons (Fsp3) is 0.0417. The quantitative estimate of drug-likeness (QED) is 0.226. The summed E-state index contributed by atoms with van der Waals surface area (Å²) in [6.45, 7) is -0.528. The van der Waals surface area contributed by atoms with Gasteiger partial charge in [0.05, 0.1) is 0 Å². The predicted molar refractivity (Wildman–Crippen MR) is 114 cm³/mol. The Morgan fingerprint density at radius 2 is 1.21 bits per heavy atom. The molecule has 0 aliphatic heterocycles. The zero-order valence-electron chi connectivity index (χ0n) is 17.2. The van der Waals surface area contributed by atoms with E-state index in [9.17, 15) is 22.4 Å². The largest absolute Gasteiger partial charge is 3.00 e. The van der Waals surface area contributed by atoms with Crippen molar-refractivity contribution in [3.63, 3.8) is 0 Å². The van der Waals surface area contributed by atoms with Crippen LogP contribution in [-0.4, -0.2) is 27.6 Å². The minimum absolute atomic E-state index is 0. The van der Waals surface area contributed by atoms with Crippen molar-refractivity contribution >= 4 is 5.97 Å². The Balaban J connectivity index is 0.000000278. The van der Waals surface area contributed by atoms with E-state index >= 15 is 0 Å². The Morgan fingerprint density at radius 3 is 1.47 bits per heavy atom. The number of halogens is 4. The molecule has 5 nitrogen and oxygen atoms in total. The van der Waals surface area contributed by atoms with Gasteiger partial charge in [-0.25, -0.2) is 0 Å². The Hall–Kier alpha value is -3.46. The van der Waals surface area contributed by atoms with Crippen LogP contribution in [0, 0.1) is 35.4 Å². The maximum absolute atomic E-state index is 13.2. The van der Waals surface area contributed by atoms with Gasteiger partial charge in [0.15, 0.2) is 0 Å². The van der Waals surface area contributed by atoms with Gasteiger partial charge in [-0.15, -0.1) is 24.3 Å². The number of hydrogen-bond donors (Lipinski definition) is 1. The number of pyridine rings is 2. The summed E-state index contributed by atoms with van der Waals surface area (Å²) < 4.78 is 51.6. The molecule has 10 heteroatoms. The summed E-state index contributed by atoms with van der Waals surface area (Å²) in [5, 5.41) is 7.53. The van der Waals surface area contributed by atoms with E-state index in [0.717, 1.165) is 24.3 Å². The van der Waals surface area contributed by atoms with Gasteiger partial charge in [-0.3, -0.25) is 22.4 Å². The third kappa shape index (κ3) is 9.19. The van der Waals surface area contributed by atoms with Crippen molar-refractivity contribution in [2.24, 2.45) is 0 Å². The van der Waals surface area contributed by atoms with Gasteiger partial charge in [0.1, 0.15) is 0 Å². The fourth-order valence-corrected chi connectivity index (χ4v) is 2.30. The van der Waals surface area contributed by atoms with Crippen molar-refractivity contribution in [3.8, 4) is 22.5 Å². The molecule has 0 aliphatic rings. The summed E-state index contributed by atoms with van der Waals surface area (Å²) >= 11 is 0. The maximum Gasteiger partial charge on any atom is 3.00 e. The Labute approximate surface area is 206 Å². The molecule has 4 aromatic rings. The molecule has 0 spiro atoms. The van der Waals surface area contributed by atoms with Crippen LogP contribution in [-0.2, 0) is 24.9 Å². The average molecular weight is 647 g/mol. The van der Waals surface area contributed by atoms with Gasteiger partial charge in [0.2, 0.25) is 0 Å². The van der Waals surface area contributed by atoms with Crippen molar-refractivity contribution in [2.45, 2.75) is 0 Å². The van der Waals surface area contributed by atoms with Crippen molar-refractivity contribution < 1.29 is 47.6 Å². The van der Waals surface area contributed by atoms with Crippen LogP contribution in [0.5, 0.6) is 0 Å². The minimum Gasteiger partial charge on any atom is -0.668 e. The van der Waals surface area contributed by atoms with E-state index in [-0.39, 0.29) is 31.2 Å². The van der Waals surface area contributed by atoms with Gasteiger partial charge in [-0.2, -0.15) is 0 Å². The molecule has 176 valence electrons. The standard InChI is InChI=1S/2C11H6F2N.C2H4NO2.Ir/c2*12-8-4-5-9(10(13)7-8)11-3-1-2-6-14-11;3-1-2(4)5;/h2*1-4,6-7H;3H,1H2,(H,4,5);/q3*-1;+3. The van der Waals surface area contributed by atoms with Crippen LogP contribution in [0.25, 0.3) is 28.2 Å². The Kier molecular flexibility index (Phi) is 12.3. The van der Waals surface area contributed by atoms with E-state index in [2.05, 4.69) is 22.1 Å². The van der Waals surface area contributed by atoms with Crippen LogP contribution < -0.4 is 0 Å². The topological polar surface area (TPSA) is 86.9 Å². The molecule has 0 saturated heterocycles. The second kappa shape index (κ2) is 14.6. The van der Waals surface area contributed by atoms with E-state index in [1.807, 2.05) is 0 Å². The van der Waals surface area contributed by atoms with E-state index in [1.165, 1.54) is 0 Å². The molecule has 4 rings (SSSR count). The van der Waals surface area contributed by atoms with E-state index in [0.29, 0.717) is 11.4 Å². The van der Waals surface area contributed by atoms with Crippen LogP contribution in [0.3, 0.4) is 0 Å². The molecule has 0 bridgehead atoms. The molecule has 0 aliphatic carbocycles. The van der Waals surface area contributed by atoms with Crippen molar-refractivity contribution in [1.29, 1.82) is 0 Å². The number of carbonyl (C=O) groups is 1. The third-order valence-corrected chi connectivity index (χ3v) is 3.71. The minimum atomic E-state index is -1.08. The Morgan fingerprint density at radius 1 is 0.824 bits per heavy atom. The van der Waals surface area contributed by atoms with Gasteiger partial charge < -0.3 is 20.8 Å². The number of aromatic nitrogens is 2. The van der Waals surface area contributed by atoms with Gasteiger partial charge in [-0.1, -0.05) is 54.1 Å². The monoisotopic (exact) mass is 647 g/mol. The molecule has 0 radical (unpaired) electrons. The average Bonchev–Trinajstić information content (AvgIpc) is 2.81. The summed E-state index contributed by atoms with van der Waals surface area (Å²) in [5.41, 5.74) is 7.33. The molecular formula is C24H16F4IrN3O2. The molecule has 0 amide bonds. The van der Waals surface area contributed by atoms with Crippen LogP contribution >= 0.6 is 0 Å². The predicted octanol–water partition coefficient (Wildman–Crippen LogP) is 5.77. The molecule has 2 heterocycles. The van der Waals surface area contributed by atoms with E-state index in [4.69, 9.17) is 10.8 Å². The van der Waals surface area contributed by atoms with Crippen molar-refractivity contribution in [2.75, 3.05) is 6.54 Å². The fourth-order valence-electron chi connectivity index (χ4n) is 2.30. The SMILES string of the molecule is Fc1c[c-]c(-c2ccccn2)c(F)c1.Fc1c[c-]c(-c2ccccn2)c(F)c1.[Ir+3].[NH-]CC(=O)O. The van der Waals surface area contributed by atoms with Gasteiger partial charge >= 0.3 is 20.1 Å². The first-order valence-electron chi connectivity index (χ1n) is 9.24. The van der Waals surface area contributed by atoms with E-state index < -0.39 is 35.8 Å². The smallest absolute Gasteiger partial charge is 0.668 e. The molecule has 2 aromatic carbocycles. The van der Waals surface area contributed by atoms with Gasteiger partial charge in [-0.05, 0) is 23.5 Å². The number of carboxylic acids is 1. The summed E-state index contributed by atoms with van der Waals surface area (Å²) in [5.74, 6) is -3.65. The molecule has 0 unspecified atom stereocenters. The first kappa shape index (κ1) is 28.6. The second-order valence-electron chi connectivity index (χ2n) is 6.08. The van der Waals surface area contributed by atoms with Crippen LogP contribution in [0.2, 0.25) is 0 Å². The molecule has 34 heavy (non-hydrogen) atoms. The number of rotatable bonds is 3. The number of nitrogens with one attached hydrogen (secondary N) is 1. The van der Waals surface area contributed by atoms with Crippen LogP contribution in [0.1, 0.15) is 0 Å². The Bertz CT molecular complexity index is 1100. The van der Waals surface area contributed by atoms with Crippen molar-refractivity contribution in [1.82, 2.24) is 9.97 Å². The van der Waals surface area contributed by atoms with E-state index in [1.54, 1.807) is 48.8 Å². The third-order valence-electron chi connectivity index (χ3n) is 3.71. The second-order valence-corrected chi connectivity index (χ2v) is 6.08. The zero-order chi connectivity index (χ0) is 24.2. The molecule has 0 atom stereocenters. The molecule has 2 aromatic heterocycles. The summed E-state index contributed by atoms with van der Waals surface area (Å²) in [4.78, 5) is 17.1. The summed E-state index contributed by atoms with van der Waals surface area (Å²) in [7, 11) is 0. The molecule has 0 saturated carbocycles. The number of carboxylic acid groups (broad SMARTS) is 1. The van der Waals surface area contributed by atoms with Crippen LogP contribution in [0.15, 0.2) is 73.1 Å². The zero-order valence-corrected chi connectivity index (χ0v) is 19.6. The number of nitrogens with zero attached hydrogens (tertiary/aromatic N) is 2. The van der Waals surface area contributed by atoms with Crippen LogP contribution in [0.4, 0.5) is 17.6 Å². The summed E-state index contributed by atoms with van der Waals surface area (Å²) in [6, 6.07) is 19.1. The number of hydrogen-bond acceptors (Lipinski definition) is 3. The van der Waals surface area contributed by atoms with Gasteiger partial charge in [0, 0.05) is 35.7 Å². The maximum atomic E-state index is 13.2. The number of benzene rings is 2. The molecule has 2 N–H and O–H groups in total. The first-order chi connectivity index (χ1) is 15.8. The normalized spacial score (nSPS) is 9.44. The van der Waals surface area contributed by atoms with Crippen molar-refractivity contribution in [3.05, 3.63) is 114 Å². The molecule has 0 fully saturated rings. The number of aliphatic carboxylic acids is 1. The van der Waals surface area contributed by atoms with Gasteiger partial charge in [0.25, 0.3) is 5.97 Å². The first-order valence-corrected chi connectivity index (χ1v) is 9.24. The molecular weight excluding hydrogens is 630 g/mol. The summed E-state index contributed by atoms with van der Waals surface area (Å²) in [6.07, 6.45) is 3.10.